The van der Waals surface area contributed by atoms with Gasteiger partial charge in [-0.25, -0.2) is 0 Å². The highest BCUT2D eigenvalue weighted by atomic mass is 14.6. The van der Waals surface area contributed by atoms with E-state index in [4.69, 9.17) is 0 Å². The number of benzene rings is 1. The zero-order chi connectivity index (χ0) is 13.7. The molecule has 2 rings (SSSR count). The van der Waals surface area contributed by atoms with Crippen LogP contribution in [0.1, 0.15) is 31.4 Å². The van der Waals surface area contributed by atoms with Crippen molar-refractivity contribution in [2.75, 3.05) is 0 Å². The first-order chi connectivity index (χ1) is 9.26. The summed E-state index contributed by atoms with van der Waals surface area (Å²) in [7, 11) is 0. The van der Waals surface area contributed by atoms with Gasteiger partial charge in [-0.3, -0.25) is 4.98 Å². The van der Waals surface area contributed by atoms with Gasteiger partial charge in [0.1, 0.15) is 0 Å². The van der Waals surface area contributed by atoms with E-state index < -0.39 is 0 Å². The SMILES string of the molecule is C/C=C\C(/C=C\c1ccc2cccnc2c1C)CC. The van der Waals surface area contributed by atoms with Gasteiger partial charge in [-0.1, -0.05) is 49.4 Å². The highest BCUT2D eigenvalue weighted by Crippen LogP contribution is 2.21. The molecule has 0 amide bonds. The molecule has 0 aliphatic carbocycles. The monoisotopic (exact) mass is 251 g/mol. The Hall–Kier alpha value is -1.89. The standard InChI is InChI=1S/C18H21N/c1-4-7-15(5-2)9-10-16-11-12-17-8-6-13-19-18(17)14(16)3/h4,6-13,15H,5H2,1-3H3/b7-4-,10-9-. The largest absolute Gasteiger partial charge is 0.256 e. The lowest BCUT2D eigenvalue weighted by molar-refractivity contribution is 0.776. The average Bonchev–Trinajstić information content (AvgIpc) is 2.45. The molecule has 1 heterocycles. The maximum atomic E-state index is 4.48. The van der Waals surface area contributed by atoms with Crippen LogP contribution in [-0.2, 0) is 0 Å². The molecule has 0 bridgehead atoms. The molecular formula is C18H21N. The Labute approximate surface area is 115 Å². The zero-order valence-electron chi connectivity index (χ0n) is 11.9. The van der Waals surface area contributed by atoms with Gasteiger partial charge in [0.25, 0.3) is 0 Å². The number of aromatic nitrogens is 1. The Kier molecular flexibility index (Phi) is 4.51. The zero-order valence-corrected chi connectivity index (χ0v) is 11.9. The van der Waals surface area contributed by atoms with Crippen molar-refractivity contribution in [3.8, 4) is 0 Å². The van der Waals surface area contributed by atoms with Gasteiger partial charge in [-0.05, 0) is 43.4 Å². The molecule has 19 heavy (non-hydrogen) atoms. The quantitative estimate of drug-likeness (QED) is 0.684. The average molecular weight is 251 g/mol. The Morgan fingerprint density at radius 3 is 2.79 bits per heavy atom. The number of nitrogens with zero attached hydrogens (tertiary/aromatic N) is 1. The molecule has 1 atom stereocenters. The van der Waals surface area contributed by atoms with Crippen LogP contribution in [0, 0.1) is 12.8 Å². The number of rotatable bonds is 4. The first-order valence-electron chi connectivity index (χ1n) is 6.91. The van der Waals surface area contributed by atoms with Crippen molar-refractivity contribution in [1.29, 1.82) is 0 Å². The maximum Gasteiger partial charge on any atom is 0.0737 e. The van der Waals surface area contributed by atoms with E-state index in [1.165, 1.54) is 16.5 Å². The third-order valence-electron chi connectivity index (χ3n) is 3.50. The van der Waals surface area contributed by atoms with Crippen LogP contribution >= 0.6 is 0 Å². The summed E-state index contributed by atoms with van der Waals surface area (Å²) in [5.41, 5.74) is 3.61. The van der Waals surface area contributed by atoms with Crippen LogP contribution in [0.15, 0.2) is 48.7 Å². The van der Waals surface area contributed by atoms with Gasteiger partial charge >= 0.3 is 0 Å². The molecular weight excluding hydrogens is 230 g/mol. The Balaban J connectivity index is 2.35. The molecule has 0 N–H and O–H groups in total. The van der Waals surface area contributed by atoms with Gasteiger partial charge in [0.15, 0.2) is 0 Å². The smallest absolute Gasteiger partial charge is 0.0737 e. The number of pyridine rings is 1. The summed E-state index contributed by atoms with van der Waals surface area (Å²) in [6, 6.07) is 8.41. The van der Waals surface area contributed by atoms with E-state index >= 15 is 0 Å². The fourth-order valence-corrected chi connectivity index (χ4v) is 2.30. The van der Waals surface area contributed by atoms with E-state index in [0.29, 0.717) is 5.92 Å². The van der Waals surface area contributed by atoms with E-state index in [2.05, 4.69) is 68.3 Å². The van der Waals surface area contributed by atoms with Crippen molar-refractivity contribution in [1.82, 2.24) is 4.98 Å². The molecule has 0 aliphatic heterocycles. The van der Waals surface area contributed by atoms with Crippen LogP contribution in [0.5, 0.6) is 0 Å². The van der Waals surface area contributed by atoms with Crippen LogP contribution in [0.2, 0.25) is 0 Å². The summed E-state index contributed by atoms with van der Waals surface area (Å²) >= 11 is 0. The molecule has 1 unspecified atom stereocenters. The van der Waals surface area contributed by atoms with Gasteiger partial charge in [0, 0.05) is 11.6 Å². The summed E-state index contributed by atoms with van der Waals surface area (Å²) in [6.45, 7) is 6.43. The minimum atomic E-state index is 0.517. The van der Waals surface area contributed by atoms with Crippen molar-refractivity contribution in [2.24, 2.45) is 5.92 Å². The number of fused-ring (bicyclic) bond motifs is 1. The molecule has 0 saturated heterocycles. The third kappa shape index (κ3) is 3.11. The highest BCUT2D eigenvalue weighted by molar-refractivity contribution is 5.84. The minimum Gasteiger partial charge on any atom is -0.256 e. The molecule has 0 spiro atoms. The van der Waals surface area contributed by atoms with Gasteiger partial charge in [-0.2, -0.15) is 0 Å². The minimum absolute atomic E-state index is 0.517. The van der Waals surface area contributed by atoms with E-state index in [1.54, 1.807) is 0 Å². The summed E-state index contributed by atoms with van der Waals surface area (Å²) in [6.07, 6.45) is 11.8. The van der Waals surface area contributed by atoms with Crippen LogP contribution in [0.25, 0.3) is 17.0 Å². The van der Waals surface area contributed by atoms with Gasteiger partial charge in [0.05, 0.1) is 5.52 Å². The lowest BCUT2D eigenvalue weighted by Crippen LogP contribution is -1.90. The second-order valence-electron chi connectivity index (χ2n) is 4.81. The lowest BCUT2D eigenvalue weighted by Gasteiger charge is -2.06. The molecule has 1 heteroatoms. The number of aryl methyl sites for hydroxylation is 1. The predicted molar refractivity (Wildman–Crippen MR) is 84.1 cm³/mol. The third-order valence-corrected chi connectivity index (χ3v) is 3.50. The normalized spacial score (nSPS) is 13.6. The van der Waals surface area contributed by atoms with Crippen molar-refractivity contribution in [3.05, 3.63) is 59.8 Å². The summed E-state index contributed by atoms with van der Waals surface area (Å²) < 4.78 is 0. The summed E-state index contributed by atoms with van der Waals surface area (Å²) in [5, 5.41) is 1.21. The maximum absolute atomic E-state index is 4.48. The van der Waals surface area contributed by atoms with Crippen LogP contribution < -0.4 is 0 Å². The molecule has 0 fully saturated rings. The van der Waals surface area contributed by atoms with Gasteiger partial charge in [0.2, 0.25) is 0 Å². The molecule has 2 aromatic rings. The molecule has 0 aliphatic rings. The highest BCUT2D eigenvalue weighted by Gasteiger charge is 2.02. The first-order valence-corrected chi connectivity index (χ1v) is 6.91. The van der Waals surface area contributed by atoms with Crippen molar-refractivity contribution in [3.63, 3.8) is 0 Å². The summed E-state index contributed by atoms with van der Waals surface area (Å²) in [5.74, 6) is 0.517. The van der Waals surface area contributed by atoms with E-state index in [0.717, 1.165) is 11.9 Å². The second-order valence-corrected chi connectivity index (χ2v) is 4.81. The first kappa shape index (κ1) is 13.5. The van der Waals surface area contributed by atoms with Crippen LogP contribution in [0.3, 0.4) is 0 Å². The Morgan fingerprint density at radius 1 is 1.21 bits per heavy atom. The lowest BCUT2D eigenvalue weighted by atomic mass is 10.0. The fraction of sp³-hybridized carbons (Fsp3) is 0.278. The van der Waals surface area contributed by atoms with Gasteiger partial charge in [-0.15, -0.1) is 0 Å². The molecule has 0 saturated carbocycles. The second kappa shape index (κ2) is 6.33. The van der Waals surface area contributed by atoms with Crippen molar-refractivity contribution in [2.45, 2.75) is 27.2 Å². The fourth-order valence-electron chi connectivity index (χ4n) is 2.30. The Morgan fingerprint density at radius 2 is 2.05 bits per heavy atom. The van der Waals surface area contributed by atoms with E-state index in [-0.39, 0.29) is 0 Å². The number of hydrogen-bond donors (Lipinski definition) is 0. The molecule has 98 valence electrons. The van der Waals surface area contributed by atoms with Gasteiger partial charge < -0.3 is 0 Å². The van der Waals surface area contributed by atoms with Crippen LogP contribution in [-0.4, -0.2) is 4.98 Å². The molecule has 1 nitrogen and oxygen atoms in total. The number of hydrogen-bond acceptors (Lipinski definition) is 1. The van der Waals surface area contributed by atoms with Crippen LogP contribution in [0.4, 0.5) is 0 Å². The summed E-state index contributed by atoms with van der Waals surface area (Å²) in [4.78, 5) is 4.48. The van der Waals surface area contributed by atoms with E-state index in [1.807, 2.05) is 12.3 Å². The topological polar surface area (TPSA) is 12.9 Å². The number of allylic oxidation sites excluding steroid dienone is 3. The molecule has 0 radical (unpaired) electrons. The Bertz CT molecular complexity index is 608. The molecule has 1 aromatic carbocycles. The van der Waals surface area contributed by atoms with E-state index in [9.17, 15) is 0 Å². The molecule has 1 aromatic heterocycles. The predicted octanol–water partition coefficient (Wildman–Crippen LogP) is 5.16. The van der Waals surface area contributed by atoms with Crippen molar-refractivity contribution < 1.29 is 0 Å². The van der Waals surface area contributed by atoms with Crippen molar-refractivity contribution >= 4 is 17.0 Å².